The molecule has 3 rings (SSSR count). The Bertz CT molecular complexity index is 852. The van der Waals surface area contributed by atoms with Gasteiger partial charge >= 0.3 is 0 Å². The fourth-order valence-corrected chi connectivity index (χ4v) is 2.60. The Morgan fingerprint density at radius 3 is 2.39 bits per heavy atom. The lowest BCUT2D eigenvalue weighted by molar-refractivity contribution is 0.194. The lowest BCUT2D eigenvalue weighted by Crippen LogP contribution is -1.98. The summed E-state index contributed by atoms with van der Waals surface area (Å²) in [7, 11) is 0. The first-order chi connectivity index (χ1) is 11.0. The topological polar surface area (TPSA) is 42.6 Å². The lowest BCUT2D eigenvalue weighted by atomic mass is 10.1. The van der Waals surface area contributed by atoms with Crippen molar-refractivity contribution in [2.45, 2.75) is 32.8 Å². The number of furan rings is 1. The Balaban J connectivity index is 2.15. The minimum atomic E-state index is -0.967. The molecule has 0 aliphatic carbocycles. The number of ether oxygens (including phenoxy) is 1. The Labute approximate surface area is 132 Å². The van der Waals surface area contributed by atoms with Gasteiger partial charge in [0.2, 0.25) is 5.82 Å². The van der Waals surface area contributed by atoms with Gasteiger partial charge in [0.1, 0.15) is 0 Å². The van der Waals surface area contributed by atoms with E-state index < -0.39 is 17.7 Å². The van der Waals surface area contributed by atoms with Gasteiger partial charge in [-0.3, -0.25) is 0 Å². The second kappa shape index (κ2) is 6.16. The molecule has 0 amide bonds. The zero-order chi connectivity index (χ0) is 16.6. The van der Waals surface area contributed by atoms with Gasteiger partial charge in [-0.1, -0.05) is 19.4 Å². The Hall–Kier alpha value is -2.14. The van der Waals surface area contributed by atoms with Crippen LogP contribution in [0.4, 0.5) is 8.78 Å². The third-order valence-corrected chi connectivity index (χ3v) is 3.89. The average Bonchev–Trinajstić information content (AvgIpc) is 2.90. The zero-order valence-electron chi connectivity index (χ0n) is 13.0. The van der Waals surface area contributed by atoms with E-state index in [0.717, 1.165) is 12.8 Å². The van der Waals surface area contributed by atoms with Crippen LogP contribution in [0.3, 0.4) is 0 Å². The summed E-state index contributed by atoms with van der Waals surface area (Å²) in [6, 6.07) is 6.31. The van der Waals surface area contributed by atoms with Crippen LogP contribution in [0.5, 0.6) is 5.75 Å². The van der Waals surface area contributed by atoms with E-state index in [4.69, 9.17) is 9.15 Å². The molecule has 5 heteroatoms. The van der Waals surface area contributed by atoms with Crippen molar-refractivity contribution in [2.75, 3.05) is 6.61 Å². The van der Waals surface area contributed by atoms with Gasteiger partial charge in [-0.2, -0.15) is 4.39 Å². The summed E-state index contributed by atoms with van der Waals surface area (Å²) in [5.74, 6) is -1.20. The predicted octanol–water partition coefficient (Wildman–Crippen LogP) is 5.10. The van der Waals surface area contributed by atoms with Crippen LogP contribution < -0.4 is 4.74 Å². The maximum atomic E-state index is 14.5. The molecule has 0 bridgehead atoms. The Morgan fingerprint density at radius 2 is 1.74 bits per heavy atom. The molecule has 1 heterocycles. The van der Waals surface area contributed by atoms with E-state index in [1.54, 1.807) is 12.1 Å². The molecule has 2 aromatic carbocycles. The molecule has 1 N–H and O–H groups in total. The summed E-state index contributed by atoms with van der Waals surface area (Å²) in [5.41, 5.74) is 0.0371. The van der Waals surface area contributed by atoms with E-state index >= 15 is 0 Å². The molecule has 0 spiro atoms. The minimum absolute atomic E-state index is 0.0318. The summed E-state index contributed by atoms with van der Waals surface area (Å²) >= 11 is 0. The highest BCUT2D eigenvalue weighted by atomic mass is 19.1. The number of fused-ring (bicyclic) bond motifs is 3. The van der Waals surface area contributed by atoms with Gasteiger partial charge in [-0.05, 0) is 31.5 Å². The monoisotopic (exact) mass is 320 g/mol. The molecule has 0 saturated carbocycles. The summed E-state index contributed by atoms with van der Waals surface area (Å²) in [5, 5.41) is 10.5. The number of rotatable bonds is 5. The molecule has 0 aliphatic heterocycles. The predicted molar refractivity (Wildman–Crippen MR) is 84.7 cm³/mol. The van der Waals surface area contributed by atoms with Gasteiger partial charge in [0, 0.05) is 16.3 Å². The van der Waals surface area contributed by atoms with E-state index in [9.17, 15) is 13.9 Å². The van der Waals surface area contributed by atoms with E-state index in [0.29, 0.717) is 17.4 Å². The van der Waals surface area contributed by atoms with Gasteiger partial charge in [0.05, 0.1) is 12.7 Å². The van der Waals surface area contributed by atoms with Crippen molar-refractivity contribution in [1.82, 2.24) is 0 Å². The Kier molecular flexibility index (Phi) is 4.22. The molecule has 0 fully saturated rings. The number of halogens is 2. The standard InChI is InChI=1S/C18H18F2O3/c1-3-4-9-22-14-8-7-13-12-6-5-11(10(2)21)15(19)17(12)23-18(13)16(14)20/h5-8,10,21H,3-4,9H2,1-2H3/t10-/m1/s1. The first-order valence-corrected chi connectivity index (χ1v) is 7.68. The zero-order valence-corrected chi connectivity index (χ0v) is 13.0. The first kappa shape index (κ1) is 15.7. The summed E-state index contributed by atoms with van der Waals surface area (Å²) in [4.78, 5) is 0. The number of benzene rings is 2. The highest BCUT2D eigenvalue weighted by molar-refractivity contribution is 6.05. The smallest absolute Gasteiger partial charge is 0.208 e. The van der Waals surface area contributed by atoms with E-state index in [1.165, 1.54) is 19.1 Å². The number of hydrogen-bond acceptors (Lipinski definition) is 3. The van der Waals surface area contributed by atoms with E-state index in [1.807, 2.05) is 6.92 Å². The maximum absolute atomic E-state index is 14.5. The van der Waals surface area contributed by atoms with Gasteiger partial charge in [0.15, 0.2) is 22.7 Å². The minimum Gasteiger partial charge on any atom is -0.490 e. The van der Waals surface area contributed by atoms with Crippen LogP contribution in [0.25, 0.3) is 21.9 Å². The molecule has 122 valence electrons. The average molecular weight is 320 g/mol. The van der Waals surface area contributed by atoms with Gasteiger partial charge in [-0.15, -0.1) is 0 Å². The quantitative estimate of drug-likeness (QED) is 0.665. The molecule has 1 atom stereocenters. The van der Waals surface area contributed by atoms with Crippen LogP contribution in [0.2, 0.25) is 0 Å². The van der Waals surface area contributed by atoms with Crippen molar-refractivity contribution in [3.63, 3.8) is 0 Å². The molecule has 3 nitrogen and oxygen atoms in total. The van der Waals surface area contributed by atoms with Gasteiger partial charge in [-0.25, -0.2) is 4.39 Å². The summed E-state index contributed by atoms with van der Waals surface area (Å²) in [6.07, 6.45) is 0.802. The maximum Gasteiger partial charge on any atom is 0.208 e. The fourth-order valence-electron chi connectivity index (χ4n) is 2.60. The SMILES string of the molecule is CCCCOc1ccc2c(oc3c(F)c([C@@H](C)O)ccc32)c1F. The van der Waals surface area contributed by atoms with Crippen LogP contribution in [0.15, 0.2) is 28.7 Å². The van der Waals surface area contributed by atoms with Crippen molar-refractivity contribution in [1.29, 1.82) is 0 Å². The molecule has 0 saturated heterocycles. The van der Waals surface area contributed by atoms with E-state index in [2.05, 4.69) is 0 Å². The number of aliphatic hydroxyl groups is 1. The third-order valence-electron chi connectivity index (χ3n) is 3.89. The number of aliphatic hydroxyl groups excluding tert-OH is 1. The normalized spacial score (nSPS) is 12.9. The molecule has 0 radical (unpaired) electrons. The van der Waals surface area contributed by atoms with Gasteiger partial charge in [0.25, 0.3) is 0 Å². The molecule has 0 aliphatic rings. The summed E-state index contributed by atoms with van der Waals surface area (Å²) < 4.78 is 39.8. The van der Waals surface area contributed by atoms with Gasteiger partial charge < -0.3 is 14.3 Å². The van der Waals surface area contributed by atoms with Crippen LogP contribution in [0.1, 0.15) is 38.4 Å². The summed E-state index contributed by atoms with van der Waals surface area (Å²) in [6.45, 7) is 3.90. The Morgan fingerprint density at radius 1 is 1.09 bits per heavy atom. The lowest BCUT2D eigenvalue weighted by Gasteiger charge is -2.06. The van der Waals surface area contributed by atoms with E-state index in [-0.39, 0.29) is 22.5 Å². The third kappa shape index (κ3) is 2.65. The fraction of sp³-hybridized carbons (Fsp3) is 0.333. The van der Waals surface area contributed by atoms with Crippen LogP contribution in [-0.4, -0.2) is 11.7 Å². The second-order valence-electron chi connectivity index (χ2n) is 5.58. The molecule has 3 aromatic rings. The highest BCUT2D eigenvalue weighted by Gasteiger charge is 2.20. The number of hydrogen-bond donors (Lipinski definition) is 1. The van der Waals surface area contributed by atoms with Crippen LogP contribution >= 0.6 is 0 Å². The van der Waals surface area contributed by atoms with Crippen LogP contribution in [0, 0.1) is 11.6 Å². The second-order valence-corrected chi connectivity index (χ2v) is 5.58. The first-order valence-electron chi connectivity index (χ1n) is 7.68. The van der Waals surface area contributed by atoms with Crippen molar-refractivity contribution in [2.24, 2.45) is 0 Å². The molecule has 0 unspecified atom stereocenters. The number of unbranched alkanes of at least 4 members (excludes halogenated alkanes) is 1. The largest absolute Gasteiger partial charge is 0.490 e. The van der Waals surface area contributed by atoms with Crippen molar-refractivity contribution >= 4 is 21.9 Å². The molecular weight excluding hydrogens is 302 g/mol. The highest BCUT2D eigenvalue weighted by Crippen LogP contribution is 2.37. The molecule has 1 aromatic heterocycles. The van der Waals surface area contributed by atoms with Crippen molar-refractivity contribution in [3.05, 3.63) is 41.5 Å². The van der Waals surface area contributed by atoms with Crippen molar-refractivity contribution < 1.29 is 23.0 Å². The molecular formula is C18H18F2O3. The van der Waals surface area contributed by atoms with Crippen LogP contribution in [-0.2, 0) is 0 Å². The molecule has 23 heavy (non-hydrogen) atoms. The van der Waals surface area contributed by atoms with Crippen molar-refractivity contribution in [3.8, 4) is 5.75 Å².